The Morgan fingerprint density at radius 2 is 1.65 bits per heavy atom. The molecule has 0 unspecified atom stereocenters. The molecule has 4 rings (SSSR count). The van der Waals surface area contributed by atoms with Crippen LogP contribution in [-0.2, 0) is 12.8 Å². The highest BCUT2D eigenvalue weighted by Crippen LogP contribution is 2.31. The van der Waals surface area contributed by atoms with Gasteiger partial charge < -0.3 is 4.42 Å². The van der Waals surface area contributed by atoms with Gasteiger partial charge in [0.15, 0.2) is 0 Å². The predicted octanol–water partition coefficient (Wildman–Crippen LogP) is 4.35. The molecule has 2 aromatic heterocycles. The molecule has 6 nitrogen and oxygen atoms in total. The van der Waals surface area contributed by atoms with E-state index in [4.69, 9.17) is 4.42 Å². The second kappa shape index (κ2) is 7.21. The number of aryl methyl sites for hydroxylation is 2. The van der Waals surface area contributed by atoms with Gasteiger partial charge in [0.1, 0.15) is 0 Å². The highest BCUT2D eigenvalue weighted by atomic mass is 32.2. The summed E-state index contributed by atoms with van der Waals surface area (Å²) in [7, 11) is 0. The smallest absolute Gasteiger partial charge is 0.284 e. The zero-order valence-electron chi connectivity index (χ0n) is 14.5. The standard InChI is InChI=1S/C19H17N5OS/c1-3-15-16(4-2)21-23-18(20-15)26-19-24-22-17(25-19)14-11-7-9-12-8-5-6-10-13(12)14/h5-11H,3-4H2,1-2H3. The van der Waals surface area contributed by atoms with Crippen molar-refractivity contribution in [3.8, 4) is 11.5 Å². The van der Waals surface area contributed by atoms with Crippen molar-refractivity contribution in [2.45, 2.75) is 37.1 Å². The Labute approximate surface area is 155 Å². The van der Waals surface area contributed by atoms with E-state index in [0.29, 0.717) is 16.3 Å². The van der Waals surface area contributed by atoms with Crippen LogP contribution in [0.3, 0.4) is 0 Å². The average molecular weight is 363 g/mol. The van der Waals surface area contributed by atoms with Crippen molar-refractivity contribution in [1.29, 1.82) is 0 Å². The fourth-order valence-electron chi connectivity index (χ4n) is 2.81. The van der Waals surface area contributed by atoms with Crippen LogP contribution in [0.15, 0.2) is 57.3 Å². The van der Waals surface area contributed by atoms with Crippen LogP contribution in [0.5, 0.6) is 0 Å². The minimum absolute atomic E-state index is 0.404. The molecule has 2 aromatic carbocycles. The molecule has 0 bridgehead atoms. The maximum atomic E-state index is 5.84. The van der Waals surface area contributed by atoms with Crippen LogP contribution in [0, 0.1) is 0 Å². The monoisotopic (exact) mass is 363 g/mol. The van der Waals surface area contributed by atoms with Crippen LogP contribution in [0.2, 0.25) is 0 Å². The van der Waals surface area contributed by atoms with E-state index in [1.165, 1.54) is 11.8 Å². The van der Waals surface area contributed by atoms with Gasteiger partial charge in [-0.3, -0.25) is 0 Å². The summed E-state index contributed by atoms with van der Waals surface area (Å²) in [5.41, 5.74) is 2.80. The number of hydrogen-bond acceptors (Lipinski definition) is 7. The SMILES string of the molecule is CCc1nnc(Sc2nnc(-c3cccc4ccccc34)o2)nc1CC. The Bertz CT molecular complexity index is 1060. The summed E-state index contributed by atoms with van der Waals surface area (Å²) in [6.07, 6.45) is 1.64. The maximum absolute atomic E-state index is 5.84. The van der Waals surface area contributed by atoms with Crippen molar-refractivity contribution >= 4 is 22.5 Å². The van der Waals surface area contributed by atoms with Gasteiger partial charge in [-0.1, -0.05) is 50.2 Å². The third-order valence-electron chi connectivity index (χ3n) is 4.09. The van der Waals surface area contributed by atoms with E-state index in [0.717, 1.165) is 40.6 Å². The summed E-state index contributed by atoms with van der Waals surface area (Å²) in [6, 6.07) is 14.1. The van der Waals surface area contributed by atoms with Crippen LogP contribution in [0.1, 0.15) is 25.2 Å². The Morgan fingerprint density at radius 3 is 2.50 bits per heavy atom. The van der Waals surface area contributed by atoms with Crippen molar-refractivity contribution < 1.29 is 4.42 Å². The van der Waals surface area contributed by atoms with Gasteiger partial charge >= 0.3 is 0 Å². The molecular formula is C19H17N5OS. The molecule has 2 heterocycles. The van der Waals surface area contributed by atoms with Gasteiger partial charge in [0, 0.05) is 17.3 Å². The Hall–Kier alpha value is -2.80. The normalized spacial score (nSPS) is 11.2. The molecule has 0 saturated carbocycles. The van der Waals surface area contributed by atoms with Crippen molar-refractivity contribution in [3.05, 3.63) is 53.9 Å². The molecule has 0 amide bonds. The molecule has 7 heteroatoms. The molecule has 0 aliphatic rings. The lowest BCUT2D eigenvalue weighted by Crippen LogP contribution is -2.03. The zero-order valence-corrected chi connectivity index (χ0v) is 15.3. The lowest BCUT2D eigenvalue weighted by molar-refractivity contribution is 0.465. The van der Waals surface area contributed by atoms with Gasteiger partial charge in [-0.15, -0.1) is 15.3 Å². The van der Waals surface area contributed by atoms with Gasteiger partial charge in [-0.25, -0.2) is 4.98 Å². The summed E-state index contributed by atoms with van der Waals surface area (Å²) in [5.74, 6) is 0.484. The average Bonchev–Trinajstić information content (AvgIpc) is 3.15. The van der Waals surface area contributed by atoms with Crippen molar-refractivity contribution in [2.24, 2.45) is 0 Å². The first kappa shape index (κ1) is 16.7. The zero-order chi connectivity index (χ0) is 17.9. The lowest BCUT2D eigenvalue weighted by atomic mass is 10.0. The molecular weight excluding hydrogens is 346 g/mol. The van der Waals surface area contributed by atoms with E-state index in [-0.39, 0.29) is 0 Å². The Kier molecular flexibility index (Phi) is 4.62. The van der Waals surface area contributed by atoms with E-state index in [1.807, 2.05) is 37.3 Å². The highest BCUT2D eigenvalue weighted by Gasteiger charge is 2.15. The first-order chi connectivity index (χ1) is 12.8. The molecule has 0 N–H and O–H groups in total. The van der Waals surface area contributed by atoms with E-state index in [9.17, 15) is 0 Å². The number of fused-ring (bicyclic) bond motifs is 1. The van der Waals surface area contributed by atoms with Crippen LogP contribution in [0.25, 0.3) is 22.2 Å². The number of nitrogens with zero attached hydrogens (tertiary/aromatic N) is 5. The Balaban J connectivity index is 1.64. The van der Waals surface area contributed by atoms with Crippen LogP contribution >= 0.6 is 11.8 Å². The quantitative estimate of drug-likeness (QED) is 0.521. The Morgan fingerprint density at radius 1 is 0.846 bits per heavy atom. The molecule has 0 aliphatic heterocycles. The van der Waals surface area contributed by atoms with E-state index in [2.05, 4.69) is 44.4 Å². The number of rotatable bonds is 5. The van der Waals surface area contributed by atoms with Gasteiger partial charge in [-0.05, 0) is 29.7 Å². The van der Waals surface area contributed by atoms with Crippen molar-refractivity contribution in [1.82, 2.24) is 25.4 Å². The fourth-order valence-corrected chi connectivity index (χ4v) is 3.41. The molecule has 130 valence electrons. The predicted molar refractivity (Wildman–Crippen MR) is 99.9 cm³/mol. The largest absolute Gasteiger partial charge is 0.411 e. The molecule has 0 spiro atoms. The summed E-state index contributed by atoms with van der Waals surface area (Å²) in [6.45, 7) is 4.11. The molecule has 0 fully saturated rings. The van der Waals surface area contributed by atoms with Crippen molar-refractivity contribution in [3.63, 3.8) is 0 Å². The van der Waals surface area contributed by atoms with Crippen molar-refractivity contribution in [2.75, 3.05) is 0 Å². The lowest BCUT2D eigenvalue weighted by Gasteiger charge is -2.03. The molecule has 26 heavy (non-hydrogen) atoms. The number of benzene rings is 2. The van der Waals surface area contributed by atoms with Crippen LogP contribution < -0.4 is 0 Å². The molecule has 4 aromatic rings. The second-order valence-corrected chi connectivity index (χ2v) is 6.62. The van der Waals surface area contributed by atoms with Gasteiger partial charge in [-0.2, -0.15) is 5.10 Å². The highest BCUT2D eigenvalue weighted by molar-refractivity contribution is 7.98. The summed E-state index contributed by atoms with van der Waals surface area (Å²) in [5, 5.41) is 19.9. The first-order valence-electron chi connectivity index (χ1n) is 8.50. The van der Waals surface area contributed by atoms with Crippen LogP contribution in [-0.4, -0.2) is 25.4 Å². The second-order valence-electron chi connectivity index (χ2n) is 5.70. The number of aromatic nitrogens is 5. The topological polar surface area (TPSA) is 77.6 Å². The molecule has 0 aliphatic carbocycles. The van der Waals surface area contributed by atoms with E-state index < -0.39 is 0 Å². The van der Waals surface area contributed by atoms with E-state index >= 15 is 0 Å². The van der Waals surface area contributed by atoms with Gasteiger partial charge in [0.25, 0.3) is 5.22 Å². The molecule has 0 radical (unpaired) electrons. The summed E-state index contributed by atoms with van der Waals surface area (Å²) in [4.78, 5) is 4.55. The summed E-state index contributed by atoms with van der Waals surface area (Å²) < 4.78 is 5.84. The molecule has 0 saturated heterocycles. The number of hydrogen-bond donors (Lipinski definition) is 0. The van der Waals surface area contributed by atoms with Gasteiger partial charge in [0.2, 0.25) is 11.0 Å². The third kappa shape index (κ3) is 3.17. The maximum Gasteiger partial charge on any atom is 0.284 e. The summed E-state index contributed by atoms with van der Waals surface area (Å²) >= 11 is 1.23. The fraction of sp³-hybridized carbons (Fsp3) is 0.211. The minimum Gasteiger partial charge on any atom is -0.411 e. The third-order valence-corrected chi connectivity index (χ3v) is 4.79. The molecule has 0 atom stereocenters. The minimum atomic E-state index is 0.404. The van der Waals surface area contributed by atoms with Gasteiger partial charge in [0.05, 0.1) is 11.4 Å². The first-order valence-corrected chi connectivity index (χ1v) is 9.32. The van der Waals surface area contributed by atoms with E-state index in [1.54, 1.807) is 0 Å². The van der Waals surface area contributed by atoms with Crippen LogP contribution in [0.4, 0.5) is 0 Å².